The lowest BCUT2D eigenvalue weighted by Gasteiger charge is -2.13. The summed E-state index contributed by atoms with van der Waals surface area (Å²) < 4.78 is 1.50. The van der Waals surface area contributed by atoms with E-state index >= 15 is 0 Å². The Kier molecular flexibility index (Phi) is 5.99. The van der Waals surface area contributed by atoms with Crippen molar-refractivity contribution in [2.45, 2.75) is 20.8 Å². The number of aryl methyl sites for hydroxylation is 1. The number of carbonyl (C=O) groups is 2. The van der Waals surface area contributed by atoms with E-state index in [-0.39, 0.29) is 17.2 Å². The van der Waals surface area contributed by atoms with Crippen molar-refractivity contribution in [3.63, 3.8) is 0 Å². The first kappa shape index (κ1) is 21.9. The van der Waals surface area contributed by atoms with Gasteiger partial charge in [-0.15, -0.1) is 0 Å². The summed E-state index contributed by atoms with van der Waals surface area (Å²) in [6.45, 7) is 5.75. The highest BCUT2D eigenvalue weighted by Gasteiger charge is 2.13. The van der Waals surface area contributed by atoms with Crippen LogP contribution in [0, 0.1) is 6.92 Å². The third-order valence-corrected chi connectivity index (χ3v) is 5.21. The summed E-state index contributed by atoms with van der Waals surface area (Å²) in [4.78, 5) is 45.5. The van der Waals surface area contributed by atoms with E-state index in [1.165, 1.54) is 17.6 Å². The van der Waals surface area contributed by atoms with E-state index in [0.29, 0.717) is 40.6 Å². The largest absolute Gasteiger partial charge is 0.352 e. The number of hydrogen-bond acceptors (Lipinski definition) is 6. The Morgan fingerprint density at radius 1 is 0.909 bits per heavy atom. The van der Waals surface area contributed by atoms with Crippen LogP contribution in [0.25, 0.3) is 16.7 Å². The quantitative estimate of drug-likeness (QED) is 0.441. The van der Waals surface area contributed by atoms with Crippen molar-refractivity contribution in [3.05, 3.63) is 87.8 Å². The zero-order chi connectivity index (χ0) is 23.5. The summed E-state index contributed by atoms with van der Waals surface area (Å²) in [6.07, 6.45) is 0. The van der Waals surface area contributed by atoms with Gasteiger partial charge in [0.25, 0.3) is 11.5 Å². The van der Waals surface area contributed by atoms with Gasteiger partial charge in [0.2, 0.25) is 5.95 Å². The number of anilines is 2. The molecular formula is C25H23N5O3. The molecule has 0 unspecified atom stereocenters. The summed E-state index contributed by atoms with van der Waals surface area (Å²) in [6, 6.07) is 17.0. The monoisotopic (exact) mass is 441 g/mol. The van der Waals surface area contributed by atoms with Gasteiger partial charge in [-0.25, -0.2) is 4.98 Å². The van der Waals surface area contributed by atoms with Crippen LogP contribution in [-0.4, -0.2) is 32.8 Å². The van der Waals surface area contributed by atoms with E-state index in [0.717, 1.165) is 11.1 Å². The fourth-order valence-electron chi connectivity index (χ4n) is 3.51. The van der Waals surface area contributed by atoms with Crippen LogP contribution in [0.2, 0.25) is 0 Å². The van der Waals surface area contributed by atoms with Crippen LogP contribution < -0.4 is 16.2 Å². The molecule has 0 saturated heterocycles. The van der Waals surface area contributed by atoms with Gasteiger partial charge >= 0.3 is 0 Å². The first-order chi connectivity index (χ1) is 15.9. The number of fused-ring (bicyclic) bond motifs is 1. The molecule has 2 heterocycles. The number of pyridine rings is 1. The zero-order valence-electron chi connectivity index (χ0n) is 18.5. The van der Waals surface area contributed by atoms with Gasteiger partial charge in [0.1, 0.15) is 0 Å². The van der Waals surface area contributed by atoms with Crippen LogP contribution in [0.5, 0.6) is 0 Å². The third kappa shape index (κ3) is 4.50. The summed E-state index contributed by atoms with van der Waals surface area (Å²) in [7, 11) is 0. The Bertz CT molecular complexity index is 1410. The molecule has 0 aliphatic carbocycles. The Balaban J connectivity index is 1.76. The molecular weight excluding hydrogens is 418 g/mol. The fourth-order valence-corrected chi connectivity index (χ4v) is 3.51. The molecule has 0 saturated carbocycles. The first-order valence-corrected chi connectivity index (χ1v) is 10.5. The maximum atomic E-state index is 12.8. The number of rotatable bonds is 6. The SMILES string of the molecule is CCNC(=O)c1ccc(-n2c(=O)ccc3c(C)nc(Nc4ccc(C(C)=O)cc4)nc32)cc1. The number of hydrogen-bond donors (Lipinski definition) is 2. The summed E-state index contributed by atoms with van der Waals surface area (Å²) in [5, 5.41) is 6.63. The molecule has 8 heteroatoms. The van der Waals surface area contributed by atoms with Gasteiger partial charge in [0, 0.05) is 34.8 Å². The van der Waals surface area contributed by atoms with Crippen LogP contribution in [-0.2, 0) is 0 Å². The molecule has 4 aromatic rings. The predicted octanol–water partition coefficient (Wildman–Crippen LogP) is 3.79. The topological polar surface area (TPSA) is 106 Å². The van der Waals surface area contributed by atoms with Gasteiger partial charge in [0.15, 0.2) is 11.4 Å². The second-order valence-corrected chi connectivity index (χ2v) is 7.54. The molecule has 166 valence electrons. The highest BCUT2D eigenvalue weighted by molar-refractivity contribution is 5.95. The van der Waals surface area contributed by atoms with Crippen LogP contribution in [0.15, 0.2) is 65.5 Å². The average Bonchev–Trinajstić information content (AvgIpc) is 2.79. The van der Waals surface area contributed by atoms with Crippen LogP contribution in [0.4, 0.5) is 11.6 Å². The number of nitrogens with one attached hydrogen (secondary N) is 2. The maximum Gasteiger partial charge on any atom is 0.256 e. The van der Waals surface area contributed by atoms with Crippen LogP contribution in [0.1, 0.15) is 40.3 Å². The van der Waals surface area contributed by atoms with Gasteiger partial charge in [-0.05, 0) is 75.4 Å². The molecule has 0 fully saturated rings. The second kappa shape index (κ2) is 9.04. The summed E-state index contributed by atoms with van der Waals surface area (Å²) in [5.74, 6) is 0.144. The van der Waals surface area contributed by atoms with Gasteiger partial charge in [-0.3, -0.25) is 19.0 Å². The van der Waals surface area contributed by atoms with Gasteiger partial charge in [-0.1, -0.05) is 0 Å². The minimum atomic E-state index is -0.247. The molecule has 1 amide bonds. The molecule has 2 aromatic carbocycles. The fraction of sp³-hybridized carbons (Fsp3) is 0.160. The van der Waals surface area contributed by atoms with Crippen molar-refractivity contribution in [2.75, 3.05) is 11.9 Å². The van der Waals surface area contributed by atoms with E-state index in [9.17, 15) is 14.4 Å². The van der Waals surface area contributed by atoms with E-state index in [4.69, 9.17) is 0 Å². The number of nitrogens with zero attached hydrogens (tertiary/aromatic N) is 3. The Hall–Kier alpha value is -4.33. The molecule has 33 heavy (non-hydrogen) atoms. The highest BCUT2D eigenvalue weighted by Crippen LogP contribution is 2.21. The van der Waals surface area contributed by atoms with Gasteiger partial charge in [0.05, 0.1) is 11.4 Å². The number of Topliss-reactive ketones (excluding diaryl/α,β-unsaturated/α-hetero) is 1. The highest BCUT2D eigenvalue weighted by atomic mass is 16.1. The van der Waals surface area contributed by atoms with Gasteiger partial charge < -0.3 is 10.6 Å². The van der Waals surface area contributed by atoms with Crippen molar-refractivity contribution >= 4 is 34.4 Å². The molecule has 0 atom stereocenters. The molecule has 0 spiro atoms. The second-order valence-electron chi connectivity index (χ2n) is 7.54. The Labute approximate surface area is 190 Å². The van der Waals surface area contributed by atoms with Crippen molar-refractivity contribution < 1.29 is 9.59 Å². The van der Waals surface area contributed by atoms with E-state index in [1.807, 2.05) is 13.8 Å². The molecule has 0 radical (unpaired) electrons. The lowest BCUT2D eigenvalue weighted by atomic mass is 10.1. The van der Waals surface area contributed by atoms with E-state index in [2.05, 4.69) is 20.6 Å². The summed E-state index contributed by atoms with van der Waals surface area (Å²) >= 11 is 0. The van der Waals surface area contributed by atoms with Crippen LogP contribution >= 0.6 is 0 Å². The molecule has 0 aliphatic heterocycles. The molecule has 2 aromatic heterocycles. The predicted molar refractivity (Wildman–Crippen MR) is 128 cm³/mol. The lowest BCUT2D eigenvalue weighted by molar-refractivity contribution is 0.0954. The minimum absolute atomic E-state index is 0.0124. The van der Waals surface area contributed by atoms with E-state index < -0.39 is 0 Å². The molecule has 8 nitrogen and oxygen atoms in total. The number of amides is 1. The Morgan fingerprint density at radius 2 is 1.58 bits per heavy atom. The van der Waals surface area contributed by atoms with Crippen molar-refractivity contribution in [1.29, 1.82) is 0 Å². The minimum Gasteiger partial charge on any atom is -0.352 e. The molecule has 4 rings (SSSR count). The Morgan fingerprint density at radius 3 is 2.21 bits per heavy atom. The number of aromatic nitrogens is 3. The standard InChI is InChI=1S/C25H23N5O3/c1-4-26-24(33)18-7-11-20(12-8-18)30-22(32)14-13-21-15(2)27-25(29-23(21)30)28-19-9-5-17(6-10-19)16(3)31/h5-14H,4H2,1-3H3,(H,26,33)(H,27,28,29). The van der Waals surface area contributed by atoms with Crippen molar-refractivity contribution in [3.8, 4) is 5.69 Å². The molecule has 0 bridgehead atoms. The van der Waals surface area contributed by atoms with Crippen molar-refractivity contribution in [1.82, 2.24) is 19.9 Å². The van der Waals surface area contributed by atoms with Crippen LogP contribution in [0.3, 0.4) is 0 Å². The number of ketones is 1. The number of benzene rings is 2. The molecule has 0 aliphatic rings. The normalized spacial score (nSPS) is 10.8. The summed E-state index contributed by atoms with van der Waals surface area (Å²) in [5.41, 5.74) is 3.34. The lowest BCUT2D eigenvalue weighted by Crippen LogP contribution is -2.23. The number of carbonyl (C=O) groups excluding carboxylic acids is 2. The van der Waals surface area contributed by atoms with Crippen molar-refractivity contribution in [2.24, 2.45) is 0 Å². The maximum absolute atomic E-state index is 12.8. The third-order valence-electron chi connectivity index (χ3n) is 5.21. The average molecular weight is 441 g/mol. The smallest absolute Gasteiger partial charge is 0.256 e. The van der Waals surface area contributed by atoms with Gasteiger partial charge in [-0.2, -0.15) is 4.98 Å². The molecule has 2 N–H and O–H groups in total. The first-order valence-electron chi connectivity index (χ1n) is 10.5. The van der Waals surface area contributed by atoms with E-state index in [1.54, 1.807) is 54.6 Å². The zero-order valence-corrected chi connectivity index (χ0v) is 18.5.